The number of hydrazone groups is 1. The molecule has 0 aliphatic carbocycles. The number of benzene rings is 1. The summed E-state index contributed by atoms with van der Waals surface area (Å²) in [4.78, 5) is 40.4. The number of hydrogen-bond donors (Lipinski definition) is 2. The number of H-pyrrole nitrogens is 1. The van der Waals surface area contributed by atoms with E-state index in [1.165, 1.54) is 30.4 Å². The number of carbonyl (C=O) groups excluding carboxylic acids is 1. The molecule has 0 saturated carbocycles. The van der Waals surface area contributed by atoms with Crippen LogP contribution in [-0.4, -0.2) is 38.4 Å². The highest BCUT2D eigenvalue weighted by atomic mass is 32.1. The number of nitrogens with zero attached hydrogens (tertiary/aromatic N) is 3. The van der Waals surface area contributed by atoms with Crippen molar-refractivity contribution >= 4 is 23.0 Å². The van der Waals surface area contributed by atoms with Gasteiger partial charge in [-0.05, 0) is 23.6 Å². The van der Waals surface area contributed by atoms with Gasteiger partial charge in [-0.25, -0.2) is 14.4 Å². The summed E-state index contributed by atoms with van der Waals surface area (Å²) in [7, 11) is 1.44. The number of rotatable bonds is 4. The molecule has 2 N–H and O–H groups in total. The van der Waals surface area contributed by atoms with Crippen LogP contribution in [0.25, 0.3) is 5.69 Å². The SMILES string of the molecule is COc1ccccc1-n1c(O)c(C2=NN(C(C)=O)[C@H](c3cccs3)C2)c(=O)[nH]c1=O. The highest BCUT2D eigenvalue weighted by molar-refractivity contribution is 7.10. The Morgan fingerprint density at radius 2 is 2.03 bits per heavy atom. The number of amides is 1. The zero-order chi connectivity index (χ0) is 21.4. The lowest BCUT2D eigenvalue weighted by molar-refractivity contribution is -0.130. The summed E-state index contributed by atoms with van der Waals surface area (Å²) in [6.07, 6.45) is 0.223. The zero-order valence-electron chi connectivity index (χ0n) is 16.2. The maximum Gasteiger partial charge on any atom is 0.335 e. The smallest absolute Gasteiger partial charge is 0.335 e. The first-order valence-corrected chi connectivity index (χ1v) is 9.93. The van der Waals surface area contributed by atoms with E-state index >= 15 is 0 Å². The second-order valence-electron chi connectivity index (χ2n) is 6.61. The fraction of sp³-hybridized carbons (Fsp3) is 0.200. The minimum atomic E-state index is -0.817. The normalized spacial score (nSPS) is 15.9. The molecular weight excluding hydrogens is 408 g/mol. The molecule has 2 aromatic heterocycles. The average molecular weight is 426 g/mol. The van der Waals surface area contributed by atoms with Crippen LogP contribution in [-0.2, 0) is 4.79 Å². The molecule has 0 unspecified atom stereocenters. The van der Waals surface area contributed by atoms with Crippen molar-refractivity contribution < 1.29 is 14.6 Å². The van der Waals surface area contributed by atoms with E-state index < -0.39 is 17.1 Å². The van der Waals surface area contributed by atoms with Crippen molar-refractivity contribution in [2.24, 2.45) is 5.10 Å². The number of thiophene rings is 1. The molecule has 10 heteroatoms. The lowest BCUT2D eigenvalue weighted by Crippen LogP contribution is -2.33. The number of aromatic hydroxyl groups is 1. The Bertz CT molecular complexity index is 1260. The Kier molecular flexibility index (Phi) is 5.00. The van der Waals surface area contributed by atoms with Gasteiger partial charge in [0.05, 0.1) is 24.6 Å². The lowest BCUT2D eigenvalue weighted by Gasteiger charge is -2.18. The number of para-hydroxylation sites is 2. The maximum atomic E-state index is 12.6. The second-order valence-corrected chi connectivity index (χ2v) is 7.59. The number of nitrogens with one attached hydrogen (secondary N) is 1. The summed E-state index contributed by atoms with van der Waals surface area (Å²) in [6, 6.07) is 9.95. The van der Waals surface area contributed by atoms with Crippen molar-refractivity contribution in [1.29, 1.82) is 0 Å². The molecule has 1 aromatic carbocycles. The Morgan fingerprint density at radius 1 is 1.27 bits per heavy atom. The Labute approximate surface area is 174 Å². The lowest BCUT2D eigenvalue weighted by atomic mass is 10.0. The van der Waals surface area contributed by atoms with Crippen molar-refractivity contribution in [2.45, 2.75) is 19.4 Å². The first-order valence-electron chi connectivity index (χ1n) is 9.05. The Morgan fingerprint density at radius 3 is 2.70 bits per heavy atom. The second kappa shape index (κ2) is 7.64. The summed E-state index contributed by atoms with van der Waals surface area (Å²) in [6.45, 7) is 1.38. The van der Waals surface area contributed by atoms with E-state index in [2.05, 4.69) is 10.1 Å². The third kappa shape index (κ3) is 3.20. The van der Waals surface area contributed by atoms with Crippen LogP contribution in [0.5, 0.6) is 11.6 Å². The standard InChI is InChI=1S/C20H18N4O5S/c1-11(25)24-14(16-8-5-9-30-16)10-12(22-24)17-18(26)21-20(28)23(19(17)27)13-6-3-4-7-15(13)29-2/h3-9,14,27H,10H2,1-2H3,(H,21,26,28)/t14-/m0/s1. The minimum Gasteiger partial charge on any atom is -0.495 e. The van der Waals surface area contributed by atoms with E-state index in [1.807, 2.05) is 17.5 Å². The minimum absolute atomic E-state index is 0.161. The van der Waals surface area contributed by atoms with Gasteiger partial charge in [0.15, 0.2) is 0 Å². The largest absolute Gasteiger partial charge is 0.495 e. The van der Waals surface area contributed by atoms with Crippen molar-refractivity contribution in [1.82, 2.24) is 14.6 Å². The molecule has 0 bridgehead atoms. The van der Waals surface area contributed by atoms with Crippen LogP contribution < -0.4 is 16.0 Å². The van der Waals surface area contributed by atoms with Crippen molar-refractivity contribution in [3.8, 4) is 17.3 Å². The van der Waals surface area contributed by atoms with Gasteiger partial charge in [0.1, 0.15) is 11.3 Å². The number of ether oxygens (including phenoxy) is 1. The van der Waals surface area contributed by atoms with Crippen LogP contribution in [0.15, 0.2) is 56.5 Å². The van der Waals surface area contributed by atoms with Crippen LogP contribution in [0.4, 0.5) is 0 Å². The van der Waals surface area contributed by atoms with Gasteiger partial charge < -0.3 is 9.84 Å². The van der Waals surface area contributed by atoms with Gasteiger partial charge in [-0.3, -0.25) is 14.6 Å². The van der Waals surface area contributed by atoms with E-state index in [-0.39, 0.29) is 35.3 Å². The van der Waals surface area contributed by atoms with Gasteiger partial charge in [-0.2, -0.15) is 5.10 Å². The van der Waals surface area contributed by atoms with Crippen LogP contribution in [0.1, 0.15) is 29.8 Å². The molecule has 9 nitrogen and oxygen atoms in total. The first kappa shape index (κ1) is 19.6. The molecule has 1 atom stereocenters. The van der Waals surface area contributed by atoms with Crippen LogP contribution in [0, 0.1) is 0 Å². The molecule has 0 fully saturated rings. The molecule has 0 spiro atoms. The van der Waals surface area contributed by atoms with Crippen molar-refractivity contribution in [3.05, 3.63) is 73.1 Å². The Hall–Kier alpha value is -3.66. The van der Waals surface area contributed by atoms with Gasteiger partial charge in [-0.15, -0.1) is 11.3 Å². The molecule has 1 amide bonds. The predicted molar refractivity (Wildman–Crippen MR) is 112 cm³/mol. The number of methoxy groups -OCH3 is 1. The summed E-state index contributed by atoms with van der Waals surface area (Å²) in [5.74, 6) is -0.525. The van der Waals surface area contributed by atoms with Crippen LogP contribution in [0.2, 0.25) is 0 Å². The molecule has 1 aliphatic rings. The van der Waals surface area contributed by atoms with Gasteiger partial charge in [0.25, 0.3) is 5.56 Å². The van der Waals surface area contributed by atoms with Crippen molar-refractivity contribution in [3.63, 3.8) is 0 Å². The zero-order valence-corrected chi connectivity index (χ0v) is 17.0. The summed E-state index contributed by atoms with van der Waals surface area (Å²) in [5.41, 5.74) is -1.28. The van der Waals surface area contributed by atoms with Gasteiger partial charge in [0, 0.05) is 18.2 Å². The van der Waals surface area contributed by atoms with Gasteiger partial charge in [0.2, 0.25) is 11.8 Å². The maximum absolute atomic E-state index is 12.6. The molecule has 3 heterocycles. The fourth-order valence-electron chi connectivity index (χ4n) is 3.48. The van der Waals surface area contributed by atoms with Crippen LogP contribution in [0.3, 0.4) is 0 Å². The molecular formula is C20H18N4O5S. The van der Waals surface area contributed by atoms with Crippen LogP contribution >= 0.6 is 11.3 Å². The molecule has 154 valence electrons. The highest BCUT2D eigenvalue weighted by Crippen LogP contribution is 2.36. The summed E-state index contributed by atoms with van der Waals surface area (Å²) < 4.78 is 6.23. The first-order chi connectivity index (χ1) is 14.4. The highest BCUT2D eigenvalue weighted by Gasteiger charge is 2.35. The number of hydrogen-bond acceptors (Lipinski definition) is 7. The molecule has 3 aromatic rings. The third-order valence-corrected chi connectivity index (χ3v) is 5.78. The molecule has 0 saturated heterocycles. The monoisotopic (exact) mass is 426 g/mol. The van der Waals surface area contributed by atoms with E-state index in [9.17, 15) is 19.5 Å². The van der Waals surface area contributed by atoms with E-state index in [0.717, 1.165) is 9.44 Å². The van der Waals surface area contributed by atoms with E-state index in [1.54, 1.807) is 24.3 Å². The predicted octanol–water partition coefficient (Wildman–Crippen LogP) is 2.00. The van der Waals surface area contributed by atoms with Gasteiger partial charge in [-0.1, -0.05) is 18.2 Å². The summed E-state index contributed by atoms with van der Waals surface area (Å²) in [5, 5.41) is 18.4. The van der Waals surface area contributed by atoms with E-state index in [0.29, 0.717) is 5.75 Å². The third-order valence-electron chi connectivity index (χ3n) is 4.81. The number of aromatic nitrogens is 2. The topological polar surface area (TPSA) is 117 Å². The van der Waals surface area contributed by atoms with E-state index in [4.69, 9.17) is 4.74 Å². The fourth-order valence-corrected chi connectivity index (χ4v) is 4.29. The Balaban J connectivity index is 1.88. The summed E-state index contributed by atoms with van der Waals surface area (Å²) >= 11 is 1.47. The van der Waals surface area contributed by atoms with Crippen molar-refractivity contribution in [2.75, 3.05) is 7.11 Å². The van der Waals surface area contributed by atoms with Gasteiger partial charge >= 0.3 is 5.69 Å². The molecule has 1 aliphatic heterocycles. The quantitative estimate of drug-likeness (QED) is 0.662. The number of carbonyl (C=O) groups is 1. The molecule has 30 heavy (non-hydrogen) atoms. The molecule has 0 radical (unpaired) electrons. The number of aromatic amines is 1. The molecule has 4 rings (SSSR count). The average Bonchev–Trinajstić information content (AvgIpc) is 3.38.